The zero-order valence-corrected chi connectivity index (χ0v) is 9.84. The molecule has 0 bridgehead atoms. The Bertz CT molecular complexity index is 300. The molecule has 3 saturated carbocycles. The summed E-state index contributed by atoms with van der Waals surface area (Å²) in [7, 11) is 0. The van der Waals surface area contributed by atoms with Gasteiger partial charge in [-0.2, -0.15) is 0 Å². The third-order valence-corrected chi connectivity index (χ3v) is 5.33. The van der Waals surface area contributed by atoms with Crippen molar-refractivity contribution in [2.75, 3.05) is 0 Å². The van der Waals surface area contributed by atoms with Crippen LogP contribution >= 0.6 is 0 Å². The van der Waals surface area contributed by atoms with Crippen LogP contribution in [0.2, 0.25) is 0 Å². The first kappa shape index (κ1) is 10.5. The largest absolute Gasteiger partial charge is 0.300 e. The minimum Gasteiger partial charge on any atom is -0.300 e. The van der Waals surface area contributed by atoms with Gasteiger partial charge in [0.25, 0.3) is 0 Å². The molecule has 0 aromatic rings. The fraction of sp³-hybridized carbons (Fsp3) is 0.857. The molecule has 3 aliphatic carbocycles. The number of Topliss-reactive ketones (excluding diaryl/α,β-unsaturated/α-hetero) is 2. The lowest BCUT2D eigenvalue weighted by Gasteiger charge is -2.54. The van der Waals surface area contributed by atoms with Gasteiger partial charge in [0.1, 0.15) is 11.6 Å². The van der Waals surface area contributed by atoms with Crippen molar-refractivity contribution in [1.29, 1.82) is 0 Å². The second kappa shape index (κ2) is 3.68. The van der Waals surface area contributed by atoms with E-state index >= 15 is 0 Å². The fourth-order valence-electron chi connectivity index (χ4n) is 4.60. The zero-order chi connectivity index (χ0) is 11.2. The van der Waals surface area contributed by atoms with Gasteiger partial charge in [0, 0.05) is 25.7 Å². The van der Waals surface area contributed by atoms with Crippen molar-refractivity contribution in [3.63, 3.8) is 0 Å². The van der Waals surface area contributed by atoms with E-state index < -0.39 is 0 Å². The third kappa shape index (κ3) is 1.46. The summed E-state index contributed by atoms with van der Waals surface area (Å²) in [5.74, 6) is 2.18. The standard InChI is InChI=1S/C14H20O2/c15-12-6-4-10-2-1-3-11-5-7-13(16)9-14(10,11)8-12/h10-11H,1-9H2/t10-,11+,14?. The molecule has 0 aliphatic heterocycles. The first-order chi connectivity index (χ1) is 7.71. The van der Waals surface area contributed by atoms with Crippen molar-refractivity contribution in [2.24, 2.45) is 17.3 Å². The first-order valence-electron chi connectivity index (χ1n) is 6.74. The highest BCUT2D eigenvalue weighted by atomic mass is 16.1. The van der Waals surface area contributed by atoms with Crippen molar-refractivity contribution >= 4 is 11.6 Å². The van der Waals surface area contributed by atoms with Crippen LogP contribution in [0.3, 0.4) is 0 Å². The SMILES string of the molecule is O=C1CC[C@H]2CCC[C@H]3CCC(=O)CC23C1. The van der Waals surface area contributed by atoms with E-state index in [1.807, 2.05) is 0 Å². The Kier molecular flexibility index (Phi) is 2.41. The number of carbonyl (C=O) groups is 2. The molecule has 3 fully saturated rings. The lowest BCUT2D eigenvalue weighted by Crippen LogP contribution is -2.49. The summed E-state index contributed by atoms with van der Waals surface area (Å²) < 4.78 is 0. The van der Waals surface area contributed by atoms with Gasteiger partial charge in [-0.15, -0.1) is 0 Å². The molecule has 2 nitrogen and oxygen atoms in total. The number of carbonyl (C=O) groups excluding carboxylic acids is 2. The average molecular weight is 220 g/mol. The van der Waals surface area contributed by atoms with Crippen LogP contribution in [0.15, 0.2) is 0 Å². The maximum Gasteiger partial charge on any atom is 0.133 e. The van der Waals surface area contributed by atoms with Gasteiger partial charge in [0.15, 0.2) is 0 Å². The number of hydrogen-bond donors (Lipinski definition) is 0. The van der Waals surface area contributed by atoms with Gasteiger partial charge < -0.3 is 0 Å². The molecule has 3 atom stereocenters. The molecular formula is C14H20O2. The van der Waals surface area contributed by atoms with E-state index in [1.165, 1.54) is 19.3 Å². The van der Waals surface area contributed by atoms with Crippen molar-refractivity contribution in [3.8, 4) is 0 Å². The van der Waals surface area contributed by atoms with Gasteiger partial charge in [-0.05, 0) is 42.9 Å². The monoisotopic (exact) mass is 220 g/mol. The van der Waals surface area contributed by atoms with Crippen LogP contribution in [-0.2, 0) is 9.59 Å². The van der Waals surface area contributed by atoms with E-state index in [0.717, 1.165) is 25.7 Å². The summed E-state index contributed by atoms with van der Waals surface area (Å²) in [6.07, 6.45) is 8.93. The van der Waals surface area contributed by atoms with Crippen molar-refractivity contribution in [2.45, 2.75) is 57.8 Å². The van der Waals surface area contributed by atoms with Gasteiger partial charge in [-0.3, -0.25) is 9.59 Å². The highest BCUT2D eigenvalue weighted by Gasteiger charge is 2.52. The number of rotatable bonds is 0. The van der Waals surface area contributed by atoms with Gasteiger partial charge >= 0.3 is 0 Å². The highest BCUT2D eigenvalue weighted by molar-refractivity contribution is 5.84. The Morgan fingerprint density at radius 3 is 1.81 bits per heavy atom. The lowest BCUT2D eigenvalue weighted by atomic mass is 9.50. The van der Waals surface area contributed by atoms with E-state index in [9.17, 15) is 9.59 Å². The molecule has 88 valence electrons. The zero-order valence-electron chi connectivity index (χ0n) is 9.84. The topological polar surface area (TPSA) is 34.1 Å². The average Bonchev–Trinajstić information content (AvgIpc) is 2.25. The molecule has 0 aromatic carbocycles. The second-order valence-electron chi connectivity index (χ2n) is 6.07. The van der Waals surface area contributed by atoms with Crippen molar-refractivity contribution in [1.82, 2.24) is 0 Å². The molecule has 0 radical (unpaired) electrons. The molecule has 0 N–H and O–H groups in total. The maximum absolute atomic E-state index is 11.8. The van der Waals surface area contributed by atoms with Gasteiger partial charge in [0.05, 0.1) is 0 Å². The van der Waals surface area contributed by atoms with Gasteiger partial charge in [-0.25, -0.2) is 0 Å². The molecule has 3 rings (SSSR count). The van der Waals surface area contributed by atoms with E-state index in [2.05, 4.69) is 0 Å². The molecule has 16 heavy (non-hydrogen) atoms. The lowest BCUT2D eigenvalue weighted by molar-refractivity contribution is -0.141. The summed E-state index contributed by atoms with van der Waals surface area (Å²) in [4.78, 5) is 23.5. The molecule has 0 heterocycles. The Morgan fingerprint density at radius 1 is 0.812 bits per heavy atom. The molecule has 0 amide bonds. The summed E-state index contributed by atoms with van der Waals surface area (Å²) in [6, 6.07) is 0. The highest BCUT2D eigenvalue weighted by Crippen LogP contribution is 2.58. The van der Waals surface area contributed by atoms with E-state index in [4.69, 9.17) is 0 Å². The molecule has 3 aliphatic rings. The summed E-state index contributed by atoms with van der Waals surface area (Å²) >= 11 is 0. The smallest absolute Gasteiger partial charge is 0.133 e. The molecule has 1 unspecified atom stereocenters. The second-order valence-corrected chi connectivity index (χ2v) is 6.07. The predicted octanol–water partition coefficient (Wildman–Crippen LogP) is 2.90. The Labute approximate surface area is 96.8 Å². The van der Waals surface area contributed by atoms with Gasteiger partial charge in [-0.1, -0.05) is 6.42 Å². The maximum atomic E-state index is 11.8. The van der Waals surface area contributed by atoms with E-state index in [0.29, 0.717) is 36.2 Å². The van der Waals surface area contributed by atoms with Crippen LogP contribution in [0, 0.1) is 17.3 Å². The molecule has 1 spiro atoms. The summed E-state index contributed by atoms with van der Waals surface area (Å²) in [5, 5.41) is 0. The number of hydrogen-bond acceptors (Lipinski definition) is 2. The van der Waals surface area contributed by atoms with Crippen LogP contribution in [0.4, 0.5) is 0 Å². The summed E-state index contributed by atoms with van der Waals surface area (Å²) in [5.41, 5.74) is 0.114. The van der Waals surface area contributed by atoms with E-state index in [-0.39, 0.29) is 5.41 Å². The molecule has 2 heteroatoms. The molecule has 0 aromatic heterocycles. The molecule has 0 saturated heterocycles. The van der Waals surface area contributed by atoms with Crippen molar-refractivity contribution in [3.05, 3.63) is 0 Å². The van der Waals surface area contributed by atoms with E-state index in [1.54, 1.807) is 0 Å². The minimum absolute atomic E-state index is 0.114. The van der Waals surface area contributed by atoms with Crippen molar-refractivity contribution < 1.29 is 9.59 Å². The quantitative estimate of drug-likeness (QED) is 0.629. The van der Waals surface area contributed by atoms with Crippen LogP contribution in [0.5, 0.6) is 0 Å². The number of ketones is 2. The minimum atomic E-state index is 0.114. The first-order valence-corrected chi connectivity index (χ1v) is 6.74. The Morgan fingerprint density at radius 2 is 1.31 bits per heavy atom. The van der Waals surface area contributed by atoms with Crippen LogP contribution < -0.4 is 0 Å². The van der Waals surface area contributed by atoms with Crippen LogP contribution in [0.1, 0.15) is 57.8 Å². The van der Waals surface area contributed by atoms with Gasteiger partial charge in [0.2, 0.25) is 0 Å². The normalized spacial score (nSPS) is 43.8. The van der Waals surface area contributed by atoms with Crippen LogP contribution in [0.25, 0.3) is 0 Å². The fourth-order valence-corrected chi connectivity index (χ4v) is 4.60. The van der Waals surface area contributed by atoms with Crippen LogP contribution in [-0.4, -0.2) is 11.6 Å². The summed E-state index contributed by atoms with van der Waals surface area (Å²) in [6.45, 7) is 0. The third-order valence-electron chi connectivity index (χ3n) is 5.33. The predicted molar refractivity (Wildman–Crippen MR) is 61.0 cm³/mol. The molecular weight excluding hydrogens is 200 g/mol. The Balaban J connectivity index is 1.94. The Hall–Kier alpha value is -0.660.